The number of halogens is 1. The number of aromatic hydroxyl groups is 1. The molecule has 8 nitrogen and oxygen atoms in total. The number of ketones is 1. The molecule has 1 amide bonds. The molecule has 1 aliphatic heterocycles. The van der Waals surface area contributed by atoms with Crippen LogP contribution in [0.1, 0.15) is 17.2 Å². The molecule has 160 valence electrons. The average molecular weight is 451 g/mol. The predicted molar refractivity (Wildman–Crippen MR) is 117 cm³/mol. The zero-order valence-corrected chi connectivity index (χ0v) is 17.1. The normalized spacial score (nSPS) is 17.5. The number of aliphatic hydroxyl groups is 1. The molecule has 2 N–H and O–H groups in total. The van der Waals surface area contributed by atoms with Crippen molar-refractivity contribution in [1.29, 1.82) is 0 Å². The number of Topliss-reactive ketones (excluding diaryl/α,β-unsaturated/α-hetero) is 1. The molecule has 32 heavy (non-hydrogen) atoms. The Morgan fingerprint density at radius 1 is 1.00 bits per heavy atom. The van der Waals surface area contributed by atoms with E-state index in [1.165, 1.54) is 35.2 Å². The van der Waals surface area contributed by atoms with Crippen LogP contribution in [0.2, 0.25) is 5.02 Å². The number of benzene rings is 3. The largest absolute Gasteiger partial charge is 0.508 e. The second-order valence-electron chi connectivity index (χ2n) is 7.05. The summed E-state index contributed by atoms with van der Waals surface area (Å²) in [6.07, 6.45) is 0. The van der Waals surface area contributed by atoms with Gasteiger partial charge in [0.25, 0.3) is 17.4 Å². The second kappa shape index (κ2) is 8.16. The van der Waals surface area contributed by atoms with E-state index in [0.29, 0.717) is 16.3 Å². The molecule has 0 spiro atoms. The fourth-order valence-corrected chi connectivity index (χ4v) is 3.76. The van der Waals surface area contributed by atoms with Crippen molar-refractivity contribution in [2.45, 2.75) is 6.04 Å². The molecule has 3 aromatic rings. The quantitative estimate of drug-likeness (QED) is 0.197. The summed E-state index contributed by atoms with van der Waals surface area (Å²) in [4.78, 5) is 37.7. The number of phenols is 1. The van der Waals surface area contributed by atoms with Crippen LogP contribution in [0, 0.1) is 10.1 Å². The van der Waals surface area contributed by atoms with Crippen molar-refractivity contribution in [3.05, 3.63) is 105 Å². The molecule has 0 bridgehead atoms. The van der Waals surface area contributed by atoms with Gasteiger partial charge in [-0.25, -0.2) is 0 Å². The number of hydrogen-bond acceptors (Lipinski definition) is 6. The van der Waals surface area contributed by atoms with Crippen molar-refractivity contribution in [1.82, 2.24) is 0 Å². The van der Waals surface area contributed by atoms with Gasteiger partial charge >= 0.3 is 0 Å². The Labute approximate surface area is 186 Å². The fourth-order valence-electron chi connectivity index (χ4n) is 3.63. The monoisotopic (exact) mass is 450 g/mol. The van der Waals surface area contributed by atoms with Crippen molar-refractivity contribution in [2.24, 2.45) is 0 Å². The van der Waals surface area contributed by atoms with Gasteiger partial charge in [0.15, 0.2) is 0 Å². The molecule has 9 heteroatoms. The van der Waals surface area contributed by atoms with Crippen molar-refractivity contribution >= 4 is 40.4 Å². The van der Waals surface area contributed by atoms with Crippen molar-refractivity contribution in [3.8, 4) is 5.75 Å². The summed E-state index contributed by atoms with van der Waals surface area (Å²) in [6.45, 7) is 0. The minimum atomic E-state index is -1.08. The molecule has 1 unspecified atom stereocenters. The number of phenolic OH excluding ortho intramolecular Hbond substituents is 1. The number of nitrogens with zero attached hydrogens (tertiary/aromatic N) is 2. The van der Waals surface area contributed by atoms with Crippen molar-refractivity contribution < 1.29 is 24.7 Å². The van der Waals surface area contributed by atoms with Gasteiger partial charge in [-0.3, -0.25) is 24.6 Å². The van der Waals surface area contributed by atoms with Gasteiger partial charge in [-0.15, -0.1) is 0 Å². The number of non-ortho nitro benzene ring substituents is 1. The molecule has 1 atom stereocenters. The molecule has 0 radical (unpaired) electrons. The van der Waals surface area contributed by atoms with Crippen molar-refractivity contribution in [3.63, 3.8) is 0 Å². The zero-order chi connectivity index (χ0) is 23.0. The highest BCUT2D eigenvalue weighted by atomic mass is 35.5. The number of aliphatic hydroxyl groups excluding tert-OH is 1. The standard InChI is InChI=1S/C23H15ClN2O6/c24-15-7-9-16(10-8-15)25-20(13-3-2-6-18(27)12-13)19(22(29)23(25)30)21(28)14-4-1-5-17(11-14)26(31)32/h1-12,20,27-28H/b21-19-. The molecule has 1 fully saturated rings. The number of nitro benzene ring substituents is 1. The third-order valence-corrected chi connectivity index (χ3v) is 5.32. The topological polar surface area (TPSA) is 121 Å². The fraction of sp³-hybridized carbons (Fsp3) is 0.0435. The van der Waals surface area contributed by atoms with Gasteiger partial charge in [0, 0.05) is 28.4 Å². The van der Waals surface area contributed by atoms with Gasteiger partial charge < -0.3 is 10.2 Å². The molecular formula is C23H15ClN2O6. The van der Waals surface area contributed by atoms with Gasteiger partial charge in [-0.2, -0.15) is 0 Å². The molecule has 1 aliphatic rings. The van der Waals surface area contributed by atoms with Crippen LogP contribution >= 0.6 is 11.6 Å². The van der Waals surface area contributed by atoms with Crippen LogP contribution in [-0.2, 0) is 9.59 Å². The zero-order valence-electron chi connectivity index (χ0n) is 16.3. The number of carbonyl (C=O) groups is 2. The molecular weight excluding hydrogens is 436 g/mol. The minimum absolute atomic E-state index is 0.0125. The van der Waals surface area contributed by atoms with E-state index in [1.807, 2.05) is 0 Å². The molecule has 1 saturated heterocycles. The molecule has 0 saturated carbocycles. The summed E-state index contributed by atoms with van der Waals surface area (Å²) in [5.41, 5.74) is 0.193. The van der Waals surface area contributed by atoms with Gasteiger partial charge in [0.05, 0.1) is 16.5 Å². The van der Waals surface area contributed by atoms with Crippen LogP contribution < -0.4 is 4.90 Å². The van der Waals surface area contributed by atoms with Crippen LogP contribution in [0.15, 0.2) is 78.4 Å². The molecule has 1 heterocycles. The van der Waals surface area contributed by atoms with E-state index in [1.54, 1.807) is 36.4 Å². The summed E-state index contributed by atoms with van der Waals surface area (Å²) in [5.74, 6) is -2.51. The number of carbonyl (C=O) groups excluding carboxylic acids is 2. The maximum atomic E-state index is 13.0. The smallest absolute Gasteiger partial charge is 0.300 e. The van der Waals surface area contributed by atoms with E-state index in [4.69, 9.17) is 11.6 Å². The van der Waals surface area contributed by atoms with Gasteiger partial charge in [0.2, 0.25) is 0 Å². The Morgan fingerprint density at radius 2 is 1.69 bits per heavy atom. The maximum Gasteiger partial charge on any atom is 0.300 e. The highest BCUT2D eigenvalue weighted by Gasteiger charge is 2.47. The highest BCUT2D eigenvalue weighted by Crippen LogP contribution is 2.43. The summed E-state index contributed by atoms with van der Waals surface area (Å²) in [7, 11) is 0. The van der Waals surface area contributed by atoms with E-state index < -0.39 is 28.4 Å². The number of nitro groups is 1. The lowest BCUT2D eigenvalue weighted by Gasteiger charge is -2.25. The lowest BCUT2D eigenvalue weighted by molar-refractivity contribution is -0.384. The first-order chi connectivity index (χ1) is 15.3. The van der Waals surface area contributed by atoms with Gasteiger partial charge in [0.1, 0.15) is 11.5 Å². The third-order valence-electron chi connectivity index (χ3n) is 5.07. The van der Waals surface area contributed by atoms with Gasteiger partial charge in [-0.1, -0.05) is 35.9 Å². The van der Waals surface area contributed by atoms with E-state index in [0.717, 1.165) is 6.07 Å². The number of hydrogen-bond donors (Lipinski definition) is 2. The molecule has 0 aliphatic carbocycles. The summed E-state index contributed by atoms with van der Waals surface area (Å²) >= 11 is 5.95. The molecule has 3 aromatic carbocycles. The van der Waals surface area contributed by atoms with E-state index >= 15 is 0 Å². The van der Waals surface area contributed by atoms with E-state index in [9.17, 15) is 29.9 Å². The van der Waals surface area contributed by atoms with Gasteiger partial charge in [-0.05, 0) is 42.0 Å². The van der Waals surface area contributed by atoms with Crippen LogP contribution in [0.3, 0.4) is 0 Å². The second-order valence-corrected chi connectivity index (χ2v) is 7.48. The summed E-state index contributed by atoms with van der Waals surface area (Å²) < 4.78 is 0. The lowest BCUT2D eigenvalue weighted by atomic mass is 9.95. The first-order valence-electron chi connectivity index (χ1n) is 9.38. The average Bonchev–Trinajstić information content (AvgIpc) is 3.04. The minimum Gasteiger partial charge on any atom is -0.508 e. The Bertz CT molecular complexity index is 1290. The van der Waals surface area contributed by atoms with Crippen LogP contribution in [-0.4, -0.2) is 26.8 Å². The maximum absolute atomic E-state index is 13.0. The first-order valence-corrected chi connectivity index (χ1v) is 9.76. The third kappa shape index (κ3) is 3.67. The summed E-state index contributed by atoms with van der Waals surface area (Å²) in [5, 5.41) is 32.5. The first kappa shape index (κ1) is 21.1. The SMILES string of the molecule is O=C1C(=O)N(c2ccc(Cl)cc2)C(c2cccc(O)c2)/C1=C(/O)c1cccc([N+](=O)[O-])c1. The molecule has 4 rings (SSSR count). The Morgan fingerprint density at radius 3 is 2.34 bits per heavy atom. The lowest BCUT2D eigenvalue weighted by Crippen LogP contribution is -2.29. The van der Waals surface area contributed by atoms with Crippen LogP contribution in [0.5, 0.6) is 5.75 Å². The molecule has 0 aromatic heterocycles. The van der Waals surface area contributed by atoms with Crippen LogP contribution in [0.25, 0.3) is 5.76 Å². The van der Waals surface area contributed by atoms with Crippen molar-refractivity contribution in [2.75, 3.05) is 4.90 Å². The number of anilines is 1. The Kier molecular flexibility index (Phi) is 5.38. The number of rotatable bonds is 4. The Balaban J connectivity index is 1.95. The van der Waals surface area contributed by atoms with Crippen LogP contribution in [0.4, 0.5) is 11.4 Å². The predicted octanol–water partition coefficient (Wildman–Crippen LogP) is 4.58. The highest BCUT2D eigenvalue weighted by molar-refractivity contribution is 6.51. The van der Waals surface area contributed by atoms with E-state index in [2.05, 4.69) is 0 Å². The Hall–Kier alpha value is -4.17. The van der Waals surface area contributed by atoms with E-state index in [-0.39, 0.29) is 22.6 Å². The summed E-state index contributed by atoms with van der Waals surface area (Å²) in [6, 6.07) is 16.2. The number of amides is 1.